The molecule has 0 bridgehead atoms. The Hall–Kier alpha value is -3.23. The Labute approximate surface area is 193 Å². The predicted molar refractivity (Wildman–Crippen MR) is 127 cm³/mol. The number of nitrogens with zero attached hydrogens (tertiary/aromatic N) is 3. The molecule has 3 aromatic rings. The topological polar surface area (TPSA) is 85.7 Å². The van der Waals surface area contributed by atoms with E-state index in [2.05, 4.69) is 15.2 Å². The van der Waals surface area contributed by atoms with Gasteiger partial charge in [0.1, 0.15) is 5.75 Å². The molecule has 1 aliphatic heterocycles. The number of aromatic nitrogens is 2. The fourth-order valence-electron chi connectivity index (χ4n) is 4.01. The summed E-state index contributed by atoms with van der Waals surface area (Å²) in [5, 5.41) is 3.41. The van der Waals surface area contributed by atoms with Crippen LogP contribution in [-0.2, 0) is 11.3 Å². The van der Waals surface area contributed by atoms with E-state index in [4.69, 9.17) is 9.47 Å². The van der Waals surface area contributed by atoms with E-state index >= 15 is 0 Å². The average molecular weight is 451 g/mol. The van der Waals surface area contributed by atoms with Crippen LogP contribution >= 0.6 is 0 Å². The van der Waals surface area contributed by atoms with Crippen LogP contribution in [0.25, 0.3) is 10.9 Å². The van der Waals surface area contributed by atoms with Crippen LogP contribution in [0, 0.1) is 6.92 Å². The van der Waals surface area contributed by atoms with Crippen molar-refractivity contribution >= 4 is 16.8 Å². The molecule has 0 radical (unpaired) electrons. The van der Waals surface area contributed by atoms with Crippen LogP contribution < -0.4 is 15.6 Å². The molecule has 1 aliphatic rings. The van der Waals surface area contributed by atoms with Crippen LogP contribution in [0.3, 0.4) is 0 Å². The Kier molecular flexibility index (Phi) is 7.36. The van der Waals surface area contributed by atoms with Crippen molar-refractivity contribution in [3.05, 3.63) is 69.8 Å². The van der Waals surface area contributed by atoms with E-state index in [0.717, 1.165) is 50.6 Å². The number of ether oxygens (including phenoxy) is 2. The number of hydrogen-bond acceptors (Lipinski definition) is 6. The van der Waals surface area contributed by atoms with Gasteiger partial charge in [-0.15, -0.1) is 0 Å². The van der Waals surface area contributed by atoms with Gasteiger partial charge in [-0.3, -0.25) is 19.5 Å². The lowest BCUT2D eigenvalue weighted by Gasteiger charge is -2.26. The highest BCUT2D eigenvalue weighted by molar-refractivity contribution is 5.98. The third-order valence-corrected chi connectivity index (χ3v) is 5.94. The van der Waals surface area contributed by atoms with Crippen molar-refractivity contribution in [1.29, 1.82) is 0 Å². The molecule has 0 aliphatic carbocycles. The Balaban J connectivity index is 1.46. The van der Waals surface area contributed by atoms with E-state index < -0.39 is 0 Å². The summed E-state index contributed by atoms with van der Waals surface area (Å²) >= 11 is 0. The van der Waals surface area contributed by atoms with Gasteiger partial charge in [-0.05, 0) is 49.7 Å². The molecule has 0 unspecified atom stereocenters. The van der Waals surface area contributed by atoms with Crippen molar-refractivity contribution in [2.45, 2.75) is 19.9 Å². The first-order chi connectivity index (χ1) is 16.0. The lowest BCUT2D eigenvalue weighted by molar-refractivity contribution is 0.0374. The van der Waals surface area contributed by atoms with Crippen molar-refractivity contribution in [2.24, 2.45) is 0 Å². The first-order valence-electron chi connectivity index (χ1n) is 11.3. The highest BCUT2D eigenvalue weighted by Gasteiger charge is 2.15. The minimum Gasteiger partial charge on any atom is -0.497 e. The van der Waals surface area contributed by atoms with Gasteiger partial charge in [0.25, 0.3) is 11.5 Å². The van der Waals surface area contributed by atoms with Crippen molar-refractivity contribution in [3.8, 4) is 5.75 Å². The molecule has 1 fully saturated rings. The summed E-state index contributed by atoms with van der Waals surface area (Å²) in [6, 6.07) is 11.1. The molecule has 8 nitrogen and oxygen atoms in total. The Morgan fingerprint density at radius 1 is 1.18 bits per heavy atom. The maximum atomic E-state index is 13.1. The SMILES string of the molecule is COc1ccc(Cn2ccc3nc(C)c(C(=O)NCCCN4CCOCC4)cc3c2=O)cc1. The van der Waals surface area contributed by atoms with Gasteiger partial charge >= 0.3 is 0 Å². The molecule has 1 amide bonds. The molecular formula is C25H30N4O4. The summed E-state index contributed by atoms with van der Waals surface area (Å²) in [6.07, 6.45) is 2.60. The summed E-state index contributed by atoms with van der Waals surface area (Å²) in [5.74, 6) is 0.568. The summed E-state index contributed by atoms with van der Waals surface area (Å²) in [4.78, 5) is 32.8. The van der Waals surface area contributed by atoms with E-state index in [1.807, 2.05) is 30.3 Å². The Bertz CT molecular complexity index is 1170. The van der Waals surface area contributed by atoms with Gasteiger partial charge in [0, 0.05) is 25.8 Å². The minimum absolute atomic E-state index is 0.169. The molecule has 8 heteroatoms. The molecule has 0 atom stereocenters. The van der Waals surface area contributed by atoms with Crippen molar-refractivity contribution in [1.82, 2.24) is 19.8 Å². The van der Waals surface area contributed by atoms with Gasteiger partial charge in [-0.2, -0.15) is 0 Å². The maximum absolute atomic E-state index is 13.1. The first-order valence-corrected chi connectivity index (χ1v) is 11.3. The summed E-state index contributed by atoms with van der Waals surface area (Å²) in [5.41, 5.74) is 2.45. The number of pyridine rings is 2. The van der Waals surface area contributed by atoms with E-state index in [1.54, 1.807) is 30.9 Å². The number of carbonyl (C=O) groups excluding carboxylic acids is 1. The number of rotatable bonds is 8. The number of carbonyl (C=O) groups is 1. The number of morpholine rings is 1. The molecule has 2 aromatic heterocycles. The predicted octanol–water partition coefficient (Wildman–Crippen LogP) is 2.21. The van der Waals surface area contributed by atoms with Gasteiger partial charge in [0.05, 0.1) is 49.0 Å². The fourth-order valence-corrected chi connectivity index (χ4v) is 4.01. The lowest BCUT2D eigenvalue weighted by atomic mass is 10.1. The van der Waals surface area contributed by atoms with Crippen molar-refractivity contribution < 1.29 is 14.3 Å². The van der Waals surface area contributed by atoms with Crippen LogP contribution in [0.2, 0.25) is 0 Å². The number of benzene rings is 1. The smallest absolute Gasteiger partial charge is 0.260 e. The van der Waals surface area contributed by atoms with Crippen LogP contribution in [0.15, 0.2) is 47.4 Å². The van der Waals surface area contributed by atoms with Crippen LogP contribution in [0.5, 0.6) is 5.75 Å². The normalized spacial score (nSPS) is 14.4. The van der Waals surface area contributed by atoms with E-state index in [9.17, 15) is 9.59 Å². The minimum atomic E-state index is -0.200. The number of methoxy groups -OCH3 is 1. The zero-order valence-electron chi connectivity index (χ0n) is 19.2. The number of fused-ring (bicyclic) bond motifs is 1. The number of aryl methyl sites for hydroxylation is 1. The lowest BCUT2D eigenvalue weighted by Crippen LogP contribution is -2.38. The molecule has 0 saturated carbocycles. The molecule has 3 heterocycles. The molecule has 33 heavy (non-hydrogen) atoms. The second kappa shape index (κ2) is 10.6. The summed E-state index contributed by atoms with van der Waals surface area (Å²) in [6.45, 7) is 7.13. The molecule has 1 saturated heterocycles. The fraction of sp³-hybridized carbons (Fsp3) is 0.400. The van der Waals surface area contributed by atoms with Gasteiger partial charge in [-0.25, -0.2) is 0 Å². The number of hydrogen-bond donors (Lipinski definition) is 1. The third-order valence-electron chi connectivity index (χ3n) is 5.94. The molecule has 1 N–H and O–H groups in total. The third kappa shape index (κ3) is 5.58. The number of amides is 1. The molecule has 4 rings (SSSR count). The molecule has 0 spiro atoms. The quantitative estimate of drug-likeness (QED) is 0.530. The van der Waals surface area contributed by atoms with Gasteiger partial charge in [0.2, 0.25) is 0 Å². The highest BCUT2D eigenvalue weighted by atomic mass is 16.5. The zero-order chi connectivity index (χ0) is 23.2. The zero-order valence-corrected chi connectivity index (χ0v) is 19.2. The van der Waals surface area contributed by atoms with Crippen molar-refractivity contribution in [3.63, 3.8) is 0 Å². The molecular weight excluding hydrogens is 420 g/mol. The standard InChI is InChI=1S/C25H30N4O4/c1-18-21(24(30)26-9-3-10-28-12-14-33-15-13-28)16-22-23(27-18)8-11-29(25(22)31)17-19-4-6-20(32-2)7-5-19/h4-8,11,16H,3,9-10,12-15,17H2,1-2H3,(H,26,30). The Morgan fingerprint density at radius 3 is 2.67 bits per heavy atom. The van der Waals surface area contributed by atoms with E-state index in [1.165, 1.54) is 0 Å². The van der Waals surface area contributed by atoms with Gasteiger partial charge in [0.15, 0.2) is 0 Å². The van der Waals surface area contributed by atoms with Gasteiger partial charge < -0.3 is 19.4 Å². The van der Waals surface area contributed by atoms with Crippen LogP contribution in [0.1, 0.15) is 28.0 Å². The first kappa shape index (κ1) is 22.9. The second-order valence-corrected chi connectivity index (χ2v) is 8.21. The second-order valence-electron chi connectivity index (χ2n) is 8.21. The Morgan fingerprint density at radius 2 is 1.94 bits per heavy atom. The molecule has 174 valence electrons. The van der Waals surface area contributed by atoms with Gasteiger partial charge in [-0.1, -0.05) is 12.1 Å². The largest absolute Gasteiger partial charge is 0.497 e. The van der Waals surface area contributed by atoms with E-state index in [-0.39, 0.29) is 11.5 Å². The number of nitrogens with one attached hydrogen (secondary N) is 1. The van der Waals surface area contributed by atoms with Crippen LogP contribution in [0.4, 0.5) is 0 Å². The van der Waals surface area contributed by atoms with Crippen molar-refractivity contribution in [2.75, 3.05) is 46.5 Å². The average Bonchev–Trinajstić information content (AvgIpc) is 2.84. The highest BCUT2D eigenvalue weighted by Crippen LogP contribution is 2.15. The summed E-state index contributed by atoms with van der Waals surface area (Å²) in [7, 11) is 1.62. The van der Waals surface area contributed by atoms with E-state index in [0.29, 0.717) is 35.2 Å². The molecule has 1 aromatic carbocycles. The maximum Gasteiger partial charge on any atom is 0.260 e. The summed E-state index contributed by atoms with van der Waals surface area (Å²) < 4.78 is 12.2. The van der Waals surface area contributed by atoms with Crippen LogP contribution in [-0.4, -0.2) is 66.9 Å². The monoisotopic (exact) mass is 450 g/mol.